The van der Waals surface area contributed by atoms with Gasteiger partial charge in [-0.25, -0.2) is 0 Å². The van der Waals surface area contributed by atoms with Gasteiger partial charge in [-0.3, -0.25) is 0 Å². The lowest BCUT2D eigenvalue weighted by Crippen LogP contribution is -2.28. The molecule has 0 saturated heterocycles. The summed E-state index contributed by atoms with van der Waals surface area (Å²) in [5.41, 5.74) is 24.2. The van der Waals surface area contributed by atoms with E-state index < -0.39 is 5.41 Å². The highest BCUT2D eigenvalue weighted by Gasteiger charge is 2.46. The first-order valence-corrected chi connectivity index (χ1v) is 27.1. The van der Waals surface area contributed by atoms with Crippen molar-refractivity contribution in [1.82, 2.24) is 0 Å². The van der Waals surface area contributed by atoms with Crippen LogP contribution in [0.2, 0.25) is 0 Å². The fourth-order valence-electron chi connectivity index (χ4n) is 12.5. The topological polar surface area (TPSA) is 12.5 Å². The Morgan fingerprint density at radius 1 is 0.269 bits per heavy atom. The van der Waals surface area contributed by atoms with E-state index in [0.717, 1.165) is 45.3 Å². The molecule has 0 radical (unpaired) electrons. The maximum absolute atomic E-state index is 6.75. The van der Waals surface area contributed by atoms with E-state index in [9.17, 15) is 0 Å². The number of benzene rings is 12. The van der Waals surface area contributed by atoms with Crippen LogP contribution in [-0.4, -0.2) is 0 Å². The van der Waals surface area contributed by atoms with Crippen molar-refractivity contribution in [3.63, 3.8) is 0 Å². The van der Waals surface area contributed by atoms with Crippen molar-refractivity contribution < 1.29 is 4.74 Å². The zero-order valence-electron chi connectivity index (χ0n) is 43.6. The summed E-state index contributed by atoms with van der Waals surface area (Å²) in [5.74, 6) is 1.84. The van der Waals surface area contributed by atoms with Crippen LogP contribution in [0.3, 0.4) is 0 Å². The highest BCUT2D eigenvalue weighted by Crippen LogP contribution is 2.58. The number of nitrogens with zero attached hydrogens (tertiary/aromatic N) is 1. The van der Waals surface area contributed by atoms with Gasteiger partial charge in [0.05, 0.1) is 5.41 Å². The van der Waals surface area contributed by atoms with Crippen molar-refractivity contribution >= 4 is 17.1 Å². The molecule has 78 heavy (non-hydrogen) atoms. The predicted molar refractivity (Wildman–Crippen MR) is 324 cm³/mol. The maximum Gasteiger partial charge on any atom is 0.139 e. The Morgan fingerprint density at radius 2 is 0.628 bits per heavy atom. The second-order valence-electron chi connectivity index (χ2n) is 21.2. The quantitative estimate of drug-likeness (QED) is 0.135. The van der Waals surface area contributed by atoms with Crippen LogP contribution in [0.5, 0.6) is 11.5 Å². The molecule has 0 N–H and O–H groups in total. The van der Waals surface area contributed by atoms with Gasteiger partial charge in [-0.15, -0.1) is 0 Å². The van der Waals surface area contributed by atoms with Crippen molar-refractivity contribution in [3.8, 4) is 78.3 Å². The molecule has 0 spiro atoms. The molecule has 0 amide bonds. The molecule has 0 bridgehead atoms. The summed E-state index contributed by atoms with van der Waals surface area (Å²) in [6, 6.07) is 109. The third-order valence-electron chi connectivity index (χ3n) is 16.5. The minimum absolute atomic E-state index is 0.205. The highest BCUT2D eigenvalue weighted by molar-refractivity contribution is 5.91. The Bertz CT molecular complexity index is 4090. The molecule has 0 unspecified atom stereocenters. The number of anilines is 3. The Labute approximate surface area is 457 Å². The average molecular weight is 998 g/mol. The summed E-state index contributed by atoms with van der Waals surface area (Å²) >= 11 is 0. The Hall–Kier alpha value is -9.76. The van der Waals surface area contributed by atoms with Crippen molar-refractivity contribution in [2.24, 2.45) is 0 Å². The van der Waals surface area contributed by atoms with E-state index in [1.165, 1.54) is 83.5 Å². The first-order valence-electron chi connectivity index (χ1n) is 27.1. The number of fused-ring (bicyclic) bond motifs is 5. The third kappa shape index (κ3) is 7.87. The number of rotatable bonds is 10. The molecule has 2 heteroatoms. The molecule has 0 atom stereocenters. The van der Waals surface area contributed by atoms with Gasteiger partial charge in [0.2, 0.25) is 0 Å². The van der Waals surface area contributed by atoms with Crippen LogP contribution in [0.1, 0.15) is 47.2 Å². The zero-order valence-corrected chi connectivity index (χ0v) is 43.6. The van der Waals surface area contributed by atoms with Gasteiger partial charge in [0.1, 0.15) is 11.5 Å². The van der Waals surface area contributed by atoms with Gasteiger partial charge in [-0.1, -0.05) is 257 Å². The van der Waals surface area contributed by atoms with E-state index in [4.69, 9.17) is 4.74 Å². The molecule has 0 saturated carbocycles. The Kier molecular flexibility index (Phi) is 11.5. The second-order valence-corrected chi connectivity index (χ2v) is 21.2. The van der Waals surface area contributed by atoms with Gasteiger partial charge in [0.25, 0.3) is 0 Å². The molecular weight excluding hydrogens is 943 g/mol. The summed E-state index contributed by atoms with van der Waals surface area (Å²) < 4.78 is 6.75. The minimum atomic E-state index is -0.543. The van der Waals surface area contributed by atoms with Crippen LogP contribution < -0.4 is 9.64 Å². The van der Waals surface area contributed by atoms with Crippen molar-refractivity contribution in [3.05, 3.63) is 331 Å². The molecular formula is C76H55NO. The van der Waals surface area contributed by atoms with Crippen LogP contribution in [0.4, 0.5) is 17.1 Å². The molecule has 0 fully saturated rings. The van der Waals surface area contributed by atoms with Gasteiger partial charge < -0.3 is 9.64 Å². The number of ether oxygens (including phenoxy) is 1. The minimum Gasteiger partial charge on any atom is -0.456 e. The largest absolute Gasteiger partial charge is 0.456 e. The van der Waals surface area contributed by atoms with E-state index in [-0.39, 0.29) is 5.41 Å². The zero-order chi connectivity index (χ0) is 52.2. The van der Waals surface area contributed by atoms with E-state index in [1.54, 1.807) is 0 Å². The molecule has 370 valence electrons. The summed E-state index contributed by atoms with van der Waals surface area (Å²) in [6.45, 7) is 4.59. The van der Waals surface area contributed by atoms with Crippen LogP contribution >= 0.6 is 0 Å². The lowest BCUT2D eigenvalue weighted by Gasteiger charge is -2.35. The van der Waals surface area contributed by atoms with Gasteiger partial charge in [-0.05, 0) is 138 Å². The monoisotopic (exact) mass is 997 g/mol. The van der Waals surface area contributed by atoms with Crippen molar-refractivity contribution in [2.45, 2.75) is 24.7 Å². The lowest BCUT2D eigenvalue weighted by atomic mass is 9.67. The van der Waals surface area contributed by atoms with Crippen LogP contribution in [0, 0.1) is 0 Å². The standard InChI is InChI=1S/C76H55NO/c1-75(2)69-27-15-16-29-73(69)78-74-66(26-17-28-70(74)75)58-38-46-65(47-39-58)77(63-42-34-56(35-43-63)55-32-30-54(31-33-55)52-18-7-3-8-19-52)64-44-36-57(37-45-64)60-41-49-68-67-48-40-59(53-20-9-4-10-21-53)50-71(67)76(72(68)51-60,61-22-11-5-12-23-61)62-24-13-6-14-25-62/h3-51H,1-2H3. The molecule has 1 aliphatic heterocycles. The normalized spacial score (nSPS) is 13.3. The number of para-hydroxylation sites is 2. The molecule has 1 aliphatic carbocycles. The average Bonchev–Trinajstić information content (AvgIpc) is 4.06. The molecule has 1 heterocycles. The molecule has 14 rings (SSSR count). The van der Waals surface area contributed by atoms with Crippen molar-refractivity contribution in [1.29, 1.82) is 0 Å². The number of hydrogen-bond acceptors (Lipinski definition) is 2. The summed E-state index contributed by atoms with van der Waals surface area (Å²) in [6.07, 6.45) is 0. The van der Waals surface area contributed by atoms with E-state index in [0.29, 0.717) is 0 Å². The molecule has 2 nitrogen and oxygen atoms in total. The second kappa shape index (κ2) is 19.1. The van der Waals surface area contributed by atoms with E-state index in [1.807, 2.05) is 0 Å². The van der Waals surface area contributed by atoms with Crippen LogP contribution in [0.15, 0.2) is 297 Å². The smallest absolute Gasteiger partial charge is 0.139 e. The van der Waals surface area contributed by atoms with Gasteiger partial charge in [-0.2, -0.15) is 0 Å². The fourth-order valence-corrected chi connectivity index (χ4v) is 12.5. The predicted octanol–water partition coefficient (Wildman–Crippen LogP) is 20.3. The van der Waals surface area contributed by atoms with E-state index >= 15 is 0 Å². The fraction of sp³-hybridized carbons (Fsp3) is 0.0526. The Morgan fingerprint density at radius 3 is 1.12 bits per heavy atom. The van der Waals surface area contributed by atoms with Gasteiger partial charge in [0.15, 0.2) is 0 Å². The first kappa shape index (κ1) is 46.7. The third-order valence-corrected chi connectivity index (χ3v) is 16.5. The molecule has 12 aromatic rings. The summed E-state index contributed by atoms with van der Waals surface area (Å²) in [7, 11) is 0. The van der Waals surface area contributed by atoms with Crippen LogP contribution in [0.25, 0.3) is 66.8 Å². The first-order chi connectivity index (χ1) is 38.4. The summed E-state index contributed by atoms with van der Waals surface area (Å²) in [5, 5.41) is 0. The van der Waals surface area contributed by atoms with Gasteiger partial charge in [0, 0.05) is 39.2 Å². The van der Waals surface area contributed by atoms with Gasteiger partial charge >= 0.3 is 0 Å². The van der Waals surface area contributed by atoms with Crippen LogP contribution in [-0.2, 0) is 10.8 Å². The van der Waals surface area contributed by atoms with E-state index in [2.05, 4.69) is 316 Å². The lowest BCUT2D eigenvalue weighted by molar-refractivity contribution is 0.419. The highest BCUT2D eigenvalue weighted by atomic mass is 16.5. The van der Waals surface area contributed by atoms with Crippen molar-refractivity contribution in [2.75, 3.05) is 4.90 Å². The summed E-state index contributed by atoms with van der Waals surface area (Å²) in [4.78, 5) is 2.37. The molecule has 2 aliphatic rings. The molecule has 12 aromatic carbocycles. The maximum atomic E-state index is 6.75. The molecule has 0 aromatic heterocycles. The number of hydrogen-bond donors (Lipinski definition) is 0. The Balaban J connectivity index is 0.855. The SMILES string of the molecule is CC1(C)c2ccccc2Oc2c(-c3ccc(N(c4ccc(-c5ccc(-c6ccccc6)cc5)cc4)c4ccc(-c5ccc6c(c5)C(c5ccccc5)(c5ccccc5)c5cc(-c7ccccc7)ccc5-6)cc4)cc3)cccc21.